The van der Waals surface area contributed by atoms with E-state index in [1.807, 2.05) is 0 Å². The van der Waals surface area contributed by atoms with Gasteiger partial charge >= 0.3 is 5.97 Å². The Morgan fingerprint density at radius 1 is 1.16 bits per heavy atom. The fourth-order valence-electron chi connectivity index (χ4n) is 2.01. The minimum absolute atomic E-state index is 0.185. The van der Waals surface area contributed by atoms with Crippen LogP contribution >= 0.6 is 23.2 Å². The molecule has 2 aromatic rings. The van der Waals surface area contributed by atoms with Crippen molar-refractivity contribution in [3.8, 4) is 5.75 Å². The molecule has 5 nitrogen and oxygen atoms in total. The molecule has 7 heteroatoms. The molecule has 0 saturated heterocycles. The van der Waals surface area contributed by atoms with Gasteiger partial charge in [-0.3, -0.25) is 4.79 Å². The number of ether oxygens (including phenoxy) is 2. The molecule has 0 aromatic heterocycles. The monoisotopic (exact) mass is 381 g/mol. The molecule has 0 fully saturated rings. The molecular weight excluding hydrogens is 365 g/mol. The highest BCUT2D eigenvalue weighted by molar-refractivity contribution is 6.33. The molecule has 0 aliphatic rings. The van der Waals surface area contributed by atoms with Gasteiger partial charge in [-0.15, -0.1) is 0 Å². The van der Waals surface area contributed by atoms with E-state index in [4.69, 9.17) is 32.7 Å². The predicted molar refractivity (Wildman–Crippen MR) is 97.6 cm³/mol. The highest BCUT2D eigenvalue weighted by Crippen LogP contribution is 2.22. The first kappa shape index (κ1) is 19.1. The first-order valence-corrected chi connectivity index (χ1v) is 8.36. The van der Waals surface area contributed by atoms with Crippen LogP contribution in [0.3, 0.4) is 0 Å². The number of carbonyl (C=O) groups excluding carboxylic acids is 2. The second-order valence-corrected chi connectivity index (χ2v) is 5.97. The van der Waals surface area contributed by atoms with Gasteiger partial charge in [0.05, 0.1) is 17.2 Å². The Hall–Kier alpha value is -2.24. The number of anilines is 1. The molecule has 0 unspecified atom stereocenters. The van der Waals surface area contributed by atoms with E-state index in [0.717, 1.165) is 0 Å². The number of esters is 1. The van der Waals surface area contributed by atoms with E-state index in [0.29, 0.717) is 16.5 Å². The maximum atomic E-state index is 12.3. The van der Waals surface area contributed by atoms with Crippen LogP contribution in [-0.2, 0) is 9.53 Å². The van der Waals surface area contributed by atoms with Crippen LogP contribution in [0, 0.1) is 0 Å². The fraction of sp³-hybridized carbons (Fsp3) is 0.222. The lowest BCUT2D eigenvalue weighted by Crippen LogP contribution is -2.30. The molecule has 1 atom stereocenters. The number of hydrogen-bond acceptors (Lipinski definition) is 4. The van der Waals surface area contributed by atoms with Crippen LogP contribution in [0.25, 0.3) is 0 Å². The third kappa shape index (κ3) is 5.37. The molecule has 25 heavy (non-hydrogen) atoms. The van der Waals surface area contributed by atoms with Crippen molar-refractivity contribution in [1.82, 2.24) is 0 Å². The quantitative estimate of drug-likeness (QED) is 0.743. The molecule has 0 spiro atoms. The van der Waals surface area contributed by atoms with E-state index in [1.54, 1.807) is 44.2 Å². The van der Waals surface area contributed by atoms with Crippen LogP contribution in [0.4, 0.5) is 5.69 Å². The van der Waals surface area contributed by atoms with Crippen LogP contribution < -0.4 is 10.1 Å². The Morgan fingerprint density at radius 2 is 1.92 bits per heavy atom. The van der Waals surface area contributed by atoms with Crippen LogP contribution in [0.2, 0.25) is 10.0 Å². The van der Waals surface area contributed by atoms with Crippen molar-refractivity contribution in [2.24, 2.45) is 0 Å². The van der Waals surface area contributed by atoms with E-state index >= 15 is 0 Å². The zero-order valence-corrected chi connectivity index (χ0v) is 15.2. The molecule has 1 amide bonds. The van der Waals surface area contributed by atoms with Crippen LogP contribution in [0.15, 0.2) is 42.5 Å². The standard InChI is InChI=1S/C18H17Cl2NO4/c1-3-24-18(23)15-10-13(7-8-16(15)20)21-17(22)11(2)25-14-6-4-5-12(19)9-14/h4-11H,3H2,1-2H3,(H,21,22)/t11-/m1/s1. The lowest BCUT2D eigenvalue weighted by Gasteiger charge is -2.15. The second kappa shape index (κ2) is 8.74. The summed E-state index contributed by atoms with van der Waals surface area (Å²) in [6, 6.07) is 11.3. The summed E-state index contributed by atoms with van der Waals surface area (Å²) in [5, 5.41) is 3.44. The first-order valence-electron chi connectivity index (χ1n) is 7.60. The van der Waals surface area contributed by atoms with Crippen molar-refractivity contribution in [2.75, 3.05) is 11.9 Å². The van der Waals surface area contributed by atoms with Crippen LogP contribution in [0.1, 0.15) is 24.2 Å². The second-order valence-electron chi connectivity index (χ2n) is 5.12. The molecule has 0 aliphatic carbocycles. The van der Waals surface area contributed by atoms with E-state index in [-0.39, 0.29) is 23.1 Å². The Labute approximate surface area is 155 Å². The van der Waals surface area contributed by atoms with E-state index in [1.165, 1.54) is 12.1 Å². The number of benzene rings is 2. The normalized spacial score (nSPS) is 11.5. The van der Waals surface area contributed by atoms with Gasteiger partial charge in [0, 0.05) is 10.7 Å². The molecule has 0 heterocycles. The number of hydrogen-bond donors (Lipinski definition) is 1. The summed E-state index contributed by atoms with van der Waals surface area (Å²) in [6.45, 7) is 3.54. The lowest BCUT2D eigenvalue weighted by molar-refractivity contribution is -0.122. The molecule has 2 rings (SSSR count). The highest BCUT2D eigenvalue weighted by atomic mass is 35.5. The van der Waals surface area contributed by atoms with E-state index in [2.05, 4.69) is 5.32 Å². The molecule has 2 aromatic carbocycles. The van der Waals surface area contributed by atoms with Gasteiger partial charge in [-0.1, -0.05) is 29.3 Å². The van der Waals surface area contributed by atoms with Gasteiger partial charge in [0.1, 0.15) is 5.75 Å². The number of rotatable bonds is 6. The third-order valence-electron chi connectivity index (χ3n) is 3.21. The summed E-state index contributed by atoms with van der Waals surface area (Å²) in [6.07, 6.45) is -0.764. The van der Waals surface area contributed by atoms with Crippen molar-refractivity contribution in [3.63, 3.8) is 0 Å². The minimum Gasteiger partial charge on any atom is -0.481 e. The molecule has 0 bridgehead atoms. The van der Waals surface area contributed by atoms with Crippen molar-refractivity contribution < 1.29 is 19.1 Å². The van der Waals surface area contributed by atoms with Gasteiger partial charge in [-0.05, 0) is 50.2 Å². The average Bonchev–Trinajstić information content (AvgIpc) is 2.56. The molecule has 0 aliphatic heterocycles. The highest BCUT2D eigenvalue weighted by Gasteiger charge is 2.17. The maximum absolute atomic E-state index is 12.3. The zero-order chi connectivity index (χ0) is 18.4. The van der Waals surface area contributed by atoms with Gasteiger partial charge in [-0.2, -0.15) is 0 Å². The Balaban J connectivity index is 2.06. The minimum atomic E-state index is -0.764. The number of nitrogens with one attached hydrogen (secondary N) is 1. The Kier molecular flexibility index (Phi) is 6.67. The van der Waals surface area contributed by atoms with E-state index in [9.17, 15) is 9.59 Å². The number of halogens is 2. The maximum Gasteiger partial charge on any atom is 0.339 e. The largest absolute Gasteiger partial charge is 0.481 e. The Morgan fingerprint density at radius 3 is 2.60 bits per heavy atom. The summed E-state index contributed by atoms with van der Waals surface area (Å²) in [5.41, 5.74) is 0.601. The predicted octanol–water partition coefficient (Wildman–Crippen LogP) is 4.58. The van der Waals surface area contributed by atoms with Crippen molar-refractivity contribution >= 4 is 40.8 Å². The van der Waals surface area contributed by atoms with Gasteiger partial charge in [0.15, 0.2) is 6.10 Å². The van der Waals surface area contributed by atoms with Gasteiger partial charge < -0.3 is 14.8 Å². The van der Waals surface area contributed by atoms with Crippen molar-refractivity contribution in [1.29, 1.82) is 0 Å². The molecule has 0 radical (unpaired) electrons. The van der Waals surface area contributed by atoms with Crippen LogP contribution in [-0.4, -0.2) is 24.6 Å². The Bertz CT molecular complexity index is 779. The van der Waals surface area contributed by atoms with Gasteiger partial charge in [0.25, 0.3) is 5.91 Å². The fourth-order valence-corrected chi connectivity index (χ4v) is 2.39. The molecule has 0 saturated carbocycles. The van der Waals surface area contributed by atoms with E-state index < -0.39 is 12.1 Å². The van der Waals surface area contributed by atoms with Crippen LogP contribution in [0.5, 0.6) is 5.75 Å². The topological polar surface area (TPSA) is 64.6 Å². The summed E-state index contributed by atoms with van der Waals surface area (Å²) in [7, 11) is 0. The summed E-state index contributed by atoms with van der Waals surface area (Å²) >= 11 is 11.9. The smallest absolute Gasteiger partial charge is 0.339 e. The van der Waals surface area contributed by atoms with Gasteiger partial charge in [-0.25, -0.2) is 4.79 Å². The number of amides is 1. The average molecular weight is 382 g/mol. The first-order chi connectivity index (χ1) is 11.9. The summed E-state index contributed by atoms with van der Waals surface area (Å²) in [5.74, 6) is -0.442. The molecule has 132 valence electrons. The lowest BCUT2D eigenvalue weighted by atomic mass is 10.2. The SMILES string of the molecule is CCOC(=O)c1cc(NC(=O)[C@@H](C)Oc2cccc(Cl)c2)ccc1Cl. The molecule has 1 N–H and O–H groups in total. The zero-order valence-electron chi connectivity index (χ0n) is 13.7. The van der Waals surface area contributed by atoms with Crippen molar-refractivity contribution in [3.05, 3.63) is 58.1 Å². The van der Waals surface area contributed by atoms with Crippen molar-refractivity contribution in [2.45, 2.75) is 20.0 Å². The molecular formula is C18H17Cl2NO4. The third-order valence-corrected chi connectivity index (χ3v) is 3.77. The number of carbonyl (C=O) groups is 2. The van der Waals surface area contributed by atoms with Gasteiger partial charge in [0.2, 0.25) is 0 Å². The summed E-state index contributed by atoms with van der Waals surface area (Å²) in [4.78, 5) is 24.1. The summed E-state index contributed by atoms with van der Waals surface area (Å²) < 4.78 is 10.5.